The molecule has 0 aliphatic carbocycles. The van der Waals surface area contributed by atoms with E-state index >= 15 is 0 Å². The molecule has 1 aliphatic rings. The Bertz CT molecular complexity index is 756. The average molecular weight is 370 g/mol. The maximum atomic E-state index is 14.6. The molecular formula is C22H27FN2O2. The minimum absolute atomic E-state index is 0.0285. The zero-order valence-corrected chi connectivity index (χ0v) is 16.0. The third kappa shape index (κ3) is 5.54. The van der Waals surface area contributed by atoms with Gasteiger partial charge in [0.2, 0.25) is 5.91 Å². The smallest absolute Gasteiger partial charge is 0.220 e. The highest BCUT2D eigenvalue weighted by Gasteiger charge is 2.24. The number of ether oxygens (including phenoxy) is 1. The van der Waals surface area contributed by atoms with E-state index in [1.54, 1.807) is 6.07 Å². The molecule has 2 atom stereocenters. The van der Waals surface area contributed by atoms with Crippen LogP contribution in [0.15, 0.2) is 48.5 Å². The number of carbonyl (C=O) groups excluding carboxylic acids is 1. The maximum Gasteiger partial charge on any atom is 0.220 e. The highest BCUT2D eigenvalue weighted by atomic mass is 19.1. The molecular weight excluding hydrogens is 343 g/mol. The molecule has 4 nitrogen and oxygen atoms in total. The fourth-order valence-corrected chi connectivity index (χ4v) is 3.48. The molecule has 0 spiro atoms. The maximum absolute atomic E-state index is 14.6. The first-order valence-corrected chi connectivity index (χ1v) is 9.50. The monoisotopic (exact) mass is 370 g/mol. The van der Waals surface area contributed by atoms with Crippen LogP contribution in [0.5, 0.6) is 0 Å². The third-order valence-electron chi connectivity index (χ3n) is 4.75. The summed E-state index contributed by atoms with van der Waals surface area (Å²) in [5.74, 6) is -0.286. The van der Waals surface area contributed by atoms with Gasteiger partial charge in [-0.3, -0.25) is 4.79 Å². The van der Waals surface area contributed by atoms with Crippen LogP contribution < -0.4 is 10.2 Å². The lowest BCUT2D eigenvalue weighted by Crippen LogP contribution is -2.45. The van der Waals surface area contributed by atoms with Gasteiger partial charge in [-0.2, -0.15) is 0 Å². The van der Waals surface area contributed by atoms with Crippen LogP contribution in [0.25, 0.3) is 0 Å². The van der Waals surface area contributed by atoms with E-state index in [1.807, 2.05) is 55.1 Å². The van der Waals surface area contributed by atoms with Crippen LogP contribution in [0.2, 0.25) is 0 Å². The summed E-state index contributed by atoms with van der Waals surface area (Å²) >= 11 is 0. The Morgan fingerprint density at radius 2 is 1.81 bits per heavy atom. The summed E-state index contributed by atoms with van der Waals surface area (Å²) in [7, 11) is 0. The van der Waals surface area contributed by atoms with E-state index in [2.05, 4.69) is 5.32 Å². The van der Waals surface area contributed by atoms with Crippen LogP contribution >= 0.6 is 0 Å². The van der Waals surface area contributed by atoms with Crippen molar-refractivity contribution in [3.8, 4) is 0 Å². The number of halogens is 1. The van der Waals surface area contributed by atoms with Crippen LogP contribution in [0.4, 0.5) is 10.1 Å². The fraction of sp³-hybridized carbons (Fsp3) is 0.409. The van der Waals surface area contributed by atoms with Crippen molar-refractivity contribution >= 4 is 11.6 Å². The summed E-state index contributed by atoms with van der Waals surface area (Å²) in [6, 6.07) is 15.1. The van der Waals surface area contributed by atoms with Gasteiger partial charge in [-0.25, -0.2) is 4.39 Å². The Hall–Kier alpha value is -2.40. The van der Waals surface area contributed by atoms with E-state index in [4.69, 9.17) is 4.74 Å². The quantitative estimate of drug-likeness (QED) is 0.843. The summed E-state index contributed by atoms with van der Waals surface area (Å²) in [4.78, 5) is 14.1. The van der Waals surface area contributed by atoms with Gasteiger partial charge in [0.1, 0.15) is 5.82 Å². The first-order valence-electron chi connectivity index (χ1n) is 9.50. The summed E-state index contributed by atoms with van der Waals surface area (Å²) in [6.45, 7) is 5.69. The van der Waals surface area contributed by atoms with Gasteiger partial charge in [-0.15, -0.1) is 0 Å². The van der Waals surface area contributed by atoms with Crippen molar-refractivity contribution in [3.63, 3.8) is 0 Å². The average Bonchev–Trinajstić information content (AvgIpc) is 2.65. The van der Waals surface area contributed by atoms with Crippen molar-refractivity contribution < 1.29 is 13.9 Å². The first-order chi connectivity index (χ1) is 13.0. The molecule has 0 unspecified atom stereocenters. The van der Waals surface area contributed by atoms with Gasteiger partial charge in [0.15, 0.2) is 0 Å². The molecule has 1 amide bonds. The number of aryl methyl sites for hydroxylation is 1. The molecule has 5 heteroatoms. The fourth-order valence-electron chi connectivity index (χ4n) is 3.48. The summed E-state index contributed by atoms with van der Waals surface area (Å²) in [5, 5.41) is 2.87. The lowest BCUT2D eigenvalue weighted by atomic mass is 10.1. The second-order valence-electron chi connectivity index (χ2n) is 7.21. The van der Waals surface area contributed by atoms with E-state index in [1.165, 1.54) is 6.07 Å². The van der Waals surface area contributed by atoms with Crippen LogP contribution in [-0.4, -0.2) is 31.2 Å². The van der Waals surface area contributed by atoms with Crippen molar-refractivity contribution in [2.45, 2.75) is 45.4 Å². The molecule has 3 rings (SSSR count). The van der Waals surface area contributed by atoms with E-state index in [0.29, 0.717) is 38.2 Å². The van der Waals surface area contributed by atoms with Gasteiger partial charge in [0.25, 0.3) is 0 Å². The van der Waals surface area contributed by atoms with Crippen molar-refractivity contribution in [2.75, 3.05) is 18.0 Å². The Labute approximate surface area is 160 Å². The molecule has 1 fully saturated rings. The van der Waals surface area contributed by atoms with E-state index < -0.39 is 0 Å². The predicted molar refractivity (Wildman–Crippen MR) is 105 cm³/mol. The number of amides is 1. The molecule has 0 bridgehead atoms. The number of hydrogen-bond acceptors (Lipinski definition) is 3. The van der Waals surface area contributed by atoms with Crippen LogP contribution in [0.1, 0.15) is 31.4 Å². The Balaban J connectivity index is 1.52. The zero-order chi connectivity index (χ0) is 19.2. The van der Waals surface area contributed by atoms with Gasteiger partial charge in [0.05, 0.1) is 17.9 Å². The summed E-state index contributed by atoms with van der Waals surface area (Å²) < 4.78 is 20.3. The van der Waals surface area contributed by atoms with Crippen LogP contribution in [-0.2, 0) is 22.5 Å². The molecule has 2 aromatic carbocycles. The van der Waals surface area contributed by atoms with Crippen LogP contribution in [0, 0.1) is 5.82 Å². The Kier molecular flexibility index (Phi) is 6.45. The largest absolute Gasteiger partial charge is 0.372 e. The minimum atomic E-state index is -0.257. The number of carbonyl (C=O) groups is 1. The van der Waals surface area contributed by atoms with Crippen molar-refractivity contribution in [2.24, 2.45) is 0 Å². The second-order valence-corrected chi connectivity index (χ2v) is 7.21. The molecule has 1 saturated heterocycles. The molecule has 0 saturated carbocycles. The highest BCUT2D eigenvalue weighted by Crippen LogP contribution is 2.24. The topological polar surface area (TPSA) is 41.6 Å². The Morgan fingerprint density at radius 3 is 2.48 bits per heavy atom. The van der Waals surface area contributed by atoms with E-state index in [9.17, 15) is 9.18 Å². The van der Waals surface area contributed by atoms with Gasteiger partial charge in [-0.05, 0) is 43.5 Å². The molecule has 0 radical (unpaired) electrons. The molecule has 144 valence electrons. The SMILES string of the molecule is C[C@@H]1CN(c2ccc(CNC(=O)CCc3ccccc3)cc2F)C[C@@H](C)O1. The lowest BCUT2D eigenvalue weighted by Gasteiger charge is -2.37. The molecule has 1 aliphatic heterocycles. The molecule has 1 N–H and O–H groups in total. The van der Waals surface area contributed by atoms with Crippen LogP contribution in [0.3, 0.4) is 0 Å². The molecule has 0 aromatic heterocycles. The van der Waals surface area contributed by atoms with E-state index in [0.717, 1.165) is 11.1 Å². The van der Waals surface area contributed by atoms with E-state index in [-0.39, 0.29) is 23.9 Å². The first kappa shape index (κ1) is 19.4. The number of morpholine rings is 1. The number of rotatable bonds is 6. The van der Waals surface area contributed by atoms with Gasteiger partial charge in [-0.1, -0.05) is 36.4 Å². The zero-order valence-electron chi connectivity index (χ0n) is 16.0. The molecule has 1 heterocycles. The molecule has 2 aromatic rings. The summed E-state index contributed by atoms with van der Waals surface area (Å²) in [6.07, 6.45) is 1.29. The van der Waals surface area contributed by atoms with Crippen molar-refractivity contribution in [1.29, 1.82) is 0 Å². The summed E-state index contributed by atoms with van der Waals surface area (Å²) in [5.41, 5.74) is 2.49. The normalized spacial score (nSPS) is 19.7. The molecule has 27 heavy (non-hydrogen) atoms. The van der Waals surface area contributed by atoms with Gasteiger partial charge in [0, 0.05) is 26.1 Å². The van der Waals surface area contributed by atoms with Gasteiger partial charge < -0.3 is 15.0 Å². The number of nitrogens with one attached hydrogen (secondary N) is 1. The lowest BCUT2D eigenvalue weighted by molar-refractivity contribution is -0.121. The minimum Gasteiger partial charge on any atom is -0.372 e. The second kappa shape index (κ2) is 9.00. The standard InChI is InChI=1S/C22H27FN2O2/c1-16-14-25(15-17(2)27-16)21-10-8-19(12-20(21)23)13-24-22(26)11-9-18-6-4-3-5-7-18/h3-8,10,12,16-17H,9,11,13-15H2,1-2H3,(H,24,26)/t16-,17-/m1/s1. The number of nitrogens with zero attached hydrogens (tertiary/aromatic N) is 1. The number of hydrogen-bond donors (Lipinski definition) is 1. The van der Waals surface area contributed by atoms with Gasteiger partial charge >= 0.3 is 0 Å². The highest BCUT2D eigenvalue weighted by molar-refractivity contribution is 5.76. The Morgan fingerprint density at radius 1 is 1.11 bits per heavy atom. The van der Waals surface area contributed by atoms with Crippen molar-refractivity contribution in [1.82, 2.24) is 5.32 Å². The predicted octanol–water partition coefficient (Wildman–Crippen LogP) is 3.69. The third-order valence-corrected chi connectivity index (χ3v) is 4.75. The number of benzene rings is 2. The number of anilines is 1. The van der Waals surface area contributed by atoms with Crippen molar-refractivity contribution in [3.05, 3.63) is 65.5 Å².